The summed E-state index contributed by atoms with van der Waals surface area (Å²) in [4.78, 5) is 9.42. The Kier molecular flexibility index (Phi) is 5.27. The minimum Gasteiger partial charge on any atom is -0.494 e. The first-order valence-electron chi connectivity index (χ1n) is 8.88. The molecule has 0 aliphatic heterocycles. The molecule has 1 aliphatic carbocycles. The summed E-state index contributed by atoms with van der Waals surface area (Å²) < 4.78 is 5.49. The van der Waals surface area contributed by atoms with Gasteiger partial charge < -0.3 is 4.74 Å². The standard InChI is InChI=1S/C20H26N2O/c1-3-5-6-15-7-12-19-17(13-15)14-21-20(22-19)16-8-10-18(11-9-16)23-4-2/h8-11,14-15H,3-7,12-13H2,1-2H3. The van der Waals surface area contributed by atoms with E-state index in [4.69, 9.17) is 9.72 Å². The Bertz CT molecular complexity index is 637. The maximum atomic E-state index is 5.49. The van der Waals surface area contributed by atoms with E-state index in [1.807, 2.05) is 37.4 Å². The maximum absolute atomic E-state index is 5.49. The van der Waals surface area contributed by atoms with Gasteiger partial charge in [-0.2, -0.15) is 0 Å². The number of aryl methyl sites for hydroxylation is 1. The zero-order valence-corrected chi connectivity index (χ0v) is 14.2. The first kappa shape index (κ1) is 16.0. The lowest BCUT2D eigenvalue weighted by molar-refractivity contribution is 0.340. The van der Waals surface area contributed by atoms with E-state index in [1.165, 1.54) is 36.9 Å². The Hall–Kier alpha value is -1.90. The molecule has 2 aromatic rings. The highest BCUT2D eigenvalue weighted by molar-refractivity contribution is 5.56. The van der Waals surface area contributed by atoms with E-state index in [0.29, 0.717) is 6.61 Å². The molecule has 3 nitrogen and oxygen atoms in total. The van der Waals surface area contributed by atoms with Crippen molar-refractivity contribution in [1.82, 2.24) is 9.97 Å². The molecule has 0 radical (unpaired) electrons. The van der Waals surface area contributed by atoms with Gasteiger partial charge in [-0.3, -0.25) is 0 Å². The molecule has 1 aromatic carbocycles. The van der Waals surface area contributed by atoms with Gasteiger partial charge in [0.05, 0.1) is 6.61 Å². The van der Waals surface area contributed by atoms with E-state index in [2.05, 4.69) is 11.9 Å². The van der Waals surface area contributed by atoms with E-state index in [1.54, 1.807) is 0 Å². The normalized spacial score (nSPS) is 16.9. The van der Waals surface area contributed by atoms with Gasteiger partial charge in [-0.25, -0.2) is 9.97 Å². The van der Waals surface area contributed by atoms with Crippen molar-refractivity contribution in [2.24, 2.45) is 5.92 Å². The number of fused-ring (bicyclic) bond motifs is 1. The van der Waals surface area contributed by atoms with E-state index < -0.39 is 0 Å². The summed E-state index contributed by atoms with van der Waals surface area (Å²) >= 11 is 0. The van der Waals surface area contributed by atoms with Crippen LogP contribution in [0.25, 0.3) is 11.4 Å². The van der Waals surface area contributed by atoms with E-state index in [0.717, 1.165) is 35.9 Å². The molecule has 0 saturated heterocycles. The fraction of sp³-hybridized carbons (Fsp3) is 0.500. The topological polar surface area (TPSA) is 35.0 Å². The molecule has 0 bridgehead atoms. The molecule has 3 heteroatoms. The molecule has 0 fully saturated rings. The highest BCUT2D eigenvalue weighted by atomic mass is 16.5. The fourth-order valence-electron chi connectivity index (χ4n) is 3.33. The number of unbranched alkanes of at least 4 members (excludes halogenated alkanes) is 1. The SMILES string of the molecule is CCCCC1CCc2nc(-c3ccc(OCC)cc3)ncc2C1. The van der Waals surface area contributed by atoms with Crippen LogP contribution in [-0.2, 0) is 12.8 Å². The Labute approximate surface area is 139 Å². The number of benzene rings is 1. The molecular formula is C20H26N2O. The molecule has 1 unspecified atom stereocenters. The molecule has 1 aliphatic rings. The van der Waals surface area contributed by atoms with Crippen LogP contribution in [0.2, 0.25) is 0 Å². The van der Waals surface area contributed by atoms with Gasteiger partial charge in [0.2, 0.25) is 0 Å². The van der Waals surface area contributed by atoms with E-state index >= 15 is 0 Å². The minimum absolute atomic E-state index is 0.688. The van der Waals surface area contributed by atoms with Crippen molar-refractivity contribution in [3.63, 3.8) is 0 Å². The van der Waals surface area contributed by atoms with Gasteiger partial charge in [0.1, 0.15) is 5.75 Å². The number of ether oxygens (including phenoxy) is 1. The lowest BCUT2D eigenvalue weighted by Gasteiger charge is -2.23. The van der Waals surface area contributed by atoms with Gasteiger partial charge in [0.15, 0.2) is 5.82 Å². The second-order valence-corrected chi connectivity index (χ2v) is 6.37. The summed E-state index contributed by atoms with van der Waals surface area (Å²) in [7, 11) is 0. The molecule has 3 rings (SSSR count). The van der Waals surface area contributed by atoms with Crippen LogP contribution in [0.4, 0.5) is 0 Å². The molecule has 0 amide bonds. The average Bonchev–Trinajstić information content (AvgIpc) is 2.60. The summed E-state index contributed by atoms with van der Waals surface area (Å²) in [5.41, 5.74) is 3.66. The predicted octanol–water partition coefficient (Wildman–Crippen LogP) is 4.84. The van der Waals surface area contributed by atoms with Gasteiger partial charge in [0.25, 0.3) is 0 Å². The van der Waals surface area contributed by atoms with E-state index in [9.17, 15) is 0 Å². The fourth-order valence-corrected chi connectivity index (χ4v) is 3.33. The first-order chi connectivity index (χ1) is 11.3. The van der Waals surface area contributed by atoms with Crippen LogP contribution in [0, 0.1) is 5.92 Å². The van der Waals surface area contributed by atoms with Crippen molar-refractivity contribution >= 4 is 0 Å². The van der Waals surface area contributed by atoms with Crippen molar-refractivity contribution in [3.8, 4) is 17.1 Å². The minimum atomic E-state index is 0.688. The smallest absolute Gasteiger partial charge is 0.159 e. The molecule has 0 spiro atoms. The third kappa shape index (κ3) is 3.90. The van der Waals surface area contributed by atoms with Gasteiger partial charge in [0, 0.05) is 17.5 Å². The second-order valence-electron chi connectivity index (χ2n) is 6.37. The maximum Gasteiger partial charge on any atom is 0.159 e. The summed E-state index contributed by atoms with van der Waals surface area (Å²) in [6.45, 7) is 4.95. The molecular weight excluding hydrogens is 284 g/mol. The van der Waals surface area contributed by atoms with Crippen LogP contribution in [0.15, 0.2) is 30.5 Å². The lowest BCUT2D eigenvalue weighted by Crippen LogP contribution is -2.16. The van der Waals surface area contributed by atoms with Crippen LogP contribution in [0.5, 0.6) is 5.75 Å². The largest absolute Gasteiger partial charge is 0.494 e. The predicted molar refractivity (Wildman–Crippen MR) is 93.7 cm³/mol. The van der Waals surface area contributed by atoms with Crippen LogP contribution < -0.4 is 4.74 Å². The number of hydrogen-bond donors (Lipinski definition) is 0. The molecule has 1 heterocycles. The van der Waals surface area contributed by atoms with Crippen LogP contribution in [0.1, 0.15) is 50.8 Å². The number of nitrogens with zero attached hydrogens (tertiary/aromatic N) is 2. The number of hydrogen-bond acceptors (Lipinski definition) is 3. The third-order valence-electron chi connectivity index (χ3n) is 4.64. The highest BCUT2D eigenvalue weighted by Gasteiger charge is 2.20. The van der Waals surface area contributed by atoms with Crippen molar-refractivity contribution in [1.29, 1.82) is 0 Å². The Balaban J connectivity index is 1.74. The first-order valence-corrected chi connectivity index (χ1v) is 8.88. The van der Waals surface area contributed by atoms with Crippen LogP contribution in [0.3, 0.4) is 0 Å². The molecule has 0 N–H and O–H groups in total. The second kappa shape index (κ2) is 7.58. The van der Waals surface area contributed by atoms with Gasteiger partial charge in [-0.1, -0.05) is 26.2 Å². The number of rotatable bonds is 6. The van der Waals surface area contributed by atoms with Crippen LogP contribution in [-0.4, -0.2) is 16.6 Å². The van der Waals surface area contributed by atoms with Gasteiger partial charge in [-0.15, -0.1) is 0 Å². The molecule has 23 heavy (non-hydrogen) atoms. The highest BCUT2D eigenvalue weighted by Crippen LogP contribution is 2.29. The van der Waals surface area contributed by atoms with Crippen molar-refractivity contribution < 1.29 is 4.74 Å². The zero-order chi connectivity index (χ0) is 16.1. The molecule has 1 atom stereocenters. The average molecular weight is 310 g/mol. The van der Waals surface area contributed by atoms with Gasteiger partial charge in [-0.05, 0) is 61.9 Å². The number of aromatic nitrogens is 2. The third-order valence-corrected chi connectivity index (χ3v) is 4.64. The Morgan fingerprint density at radius 3 is 2.74 bits per heavy atom. The van der Waals surface area contributed by atoms with Gasteiger partial charge >= 0.3 is 0 Å². The summed E-state index contributed by atoms with van der Waals surface area (Å²) in [5.74, 6) is 2.55. The molecule has 122 valence electrons. The summed E-state index contributed by atoms with van der Waals surface area (Å²) in [6, 6.07) is 8.06. The Morgan fingerprint density at radius 2 is 2.00 bits per heavy atom. The quantitative estimate of drug-likeness (QED) is 0.766. The summed E-state index contributed by atoms with van der Waals surface area (Å²) in [5, 5.41) is 0. The monoisotopic (exact) mass is 310 g/mol. The van der Waals surface area contributed by atoms with E-state index in [-0.39, 0.29) is 0 Å². The zero-order valence-electron chi connectivity index (χ0n) is 14.2. The lowest BCUT2D eigenvalue weighted by atomic mass is 9.84. The molecule has 0 saturated carbocycles. The van der Waals surface area contributed by atoms with Crippen molar-refractivity contribution in [3.05, 3.63) is 41.7 Å². The summed E-state index contributed by atoms with van der Waals surface area (Å²) in [6.07, 6.45) is 9.53. The molecule has 1 aromatic heterocycles. The Morgan fingerprint density at radius 1 is 1.17 bits per heavy atom. The van der Waals surface area contributed by atoms with Crippen molar-refractivity contribution in [2.75, 3.05) is 6.61 Å². The van der Waals surface area contributed by atoms with Crippen LogP contribution >= 0.6 is 0 Å². The van der Waals surface area contributed by atoms with Crippen molar-refractivity contribution in [2.45, 2.75) is 52.4 Å².